The molecule has 0 amide bonds. The van der Waals surface area contributed by atoms with Crippen LogP contribution in [0.4, 0.5) is 10.1 Å². The Morgan fingerprint density at radius 1 is 0.714 bits per heavy atom. The molecule has 0 radical (unpaired) electrons. The molecule has 0 heterocycles. The van der Waals surface area contributed by atoms with E-state index >= 15 is 0 Å². The van der Waals surface area contributed by atoms with E-state index in [-0.39, 0.29) is 5.82 Å². The van der Waals surface area contributed by atoms with Crippen molar-refractivity contribution >= 4 is 5.69 Å². The Morgan fingerprint density at radius 3 is 2.14 bits per heavy atom. The van der Waals surface area contributed by atoms with Crippen LogP contribution in [-0.4, -0.2) is 0 Å². The van der Waals surface area contributed by atoms with Gasteiger partial charge in [0.15, 0.2) is 0 Å². The lowest BCUT2D eigenvalue weighted by atomic mass is 10.0. The minimum Gasteiger partial charge on any atom is -0.380 e. The Labute approximate surface area is 124 Å². The van der Waals surface area contributed by atoms with Gasteiger partial charge in [-0.3, -0.25) is 0 Å². The highest BCUT2D eigenvalue weighted by Crippen LogP contribution is 2.27. The van der Waals surface area contributed by atoms with Gasteiger partial charge in [-0.1, -0.05) is 60.7 Å². The molecule has 2 heteroatoms. The second-order valence-electron chi connectivity index (χ2n) is 4.89. The van der Waals surface area contributed by atoms with Gasteiger partial charge in [0.2, 0.25) is 0 Å². The van der Waals surface area contributed by atoms with Crippen molar-refractivity contribution in [2.45, 2.75) is 6.54 Å². The number of para-hydroxylation sites is 1. The van der Waals surface area contributed by atoms with E-state index in [0.717, 1.165) is 11.3 Å². The van der Waals surface area contributed by atoms with Crippen LogP contribution < -0.4 is 5.32 Å². The van der Waals surface area contributed by atoms with E-state index in [9.17, 15) is 4.39 Å². The number of hydrogen-bond acceptors (Lipinski definition) is 1. The van der Waals surface area contributed by atoms with Crippen molar-refractivity contribution in [1.82, 2.24) is 0 Å². The molecular formula is C19H16FN. The third kappa shape index (κ3) is 3.29. The summed E-state index contributed by atoms with van der Waals surface area (Å²) >= 11 is 0. The summed E-state index contributed by atoms with van der Waals surface area (Å²) in [5.74, 6) is -0.205. The van der Waals surface area contributed by atoms with E-state index in [1.807, 2.05) is 30.3 Å². The summed E-state index contributed by atoms with van der Waals surface area (Å²) in [5.41, 5.74) is 4.48. The van der Waals surface area contributed by atoms with E-state index < -0.39 is 0 Å². The highest BCUT2D eigenvalue weighted by Gasteiger charge is 2.03. The first-order chi connectivity index (χ1) is 10.3. The summed E-state index contributed by atoms with van der Waals surface area (Å²) in [6, 6.07) is 25.0. The predicted octanol–water partition coefficient (Wildman–Crippen LogP) is 5.10. The number of anilines is 1. The van der Waals surface area contributed by atoms with Crippen molar-refractivity contribution in [2.75, 3.05) is 5.32 Å². The molecule has 0 bridgehead atoms. The summed E-state index contributed by atoms with van der Waals surface area (Å²) in [6.07, 6.45) is 0. The Kier molecular flexibility index (Phi) is 3.97. The first kappa shape index (κ1) is 13.4. The van der Waals surface area contributed by atoms with Crippen LogP contribution in [0.1, 0.15) is 5.56 Å². The van der Waals surface area contributed by atoms with Crippen molar-refractivity contribution in [3.05, 3.63) is 90.2 Å². The van der Waals surface area contributed by atoms with Gasteiger partial charge in [-0.15, -0.1) is 0 Å². The van der Waals surface area contributed by atoms with Crippen molar-refractivity contribution in [2.24, 2.45) is 0 Å². The van der Waals surface area contributed by atoms with Crippen molar-refractivity contribution < 1.29 is 4.39 Å². The number of nitrogens with one attached hydrogen (secondary N) is 1. The Bertz CT molecular complexity index is 705. The summed E-state index contributed by atoms with van der Waals surface area (Å²) in [7, 11) is 0. The van der Waals surface area contributed by atoms with Gasteiger partial charge in [-0.05, 0) is 29.3 Å². The molecule has 0 aliphatic carbocycles. The van der Waals surface area contributed by atoms with Gasteiger partial charge in [0, 0.05) is 17.8 Å². The zero-order valence-corrected chi connectivity index (χ0v) is 11.6. The van der Waals surface area contributed by atoms with E-state index in [4.69, 9.17) is 0 Å². The first-order valence-electron chi connectivity index (χ1n) is 6.96. The Hall–Kier alpha value is -2.61. The summed E-state index contributed by atoms with van der Waals surface area (Å²) in [6.45, 7) is 0.671. The molecule has 104 valence electrons. The maximum atomic E-state index is 12.9. The highest BCUT2D eigenvalue weighted by atomic mass is 19.1. The second-order valence-corrected chi connectivity index (χ2v) is 4.89. The molecule has 0 aliphatic heterocycles. The molecular weight excluding hydrogens is 261 g/mol. The van der Waals surface area contributed by atoms with Crippen LogP contribution in [0.15, 0.2) is 78.9 Å². The van der Waals surface area contributed by atoms with Gasteiger partial charge in [-0.2, -0.15) is 0 Å². The fraction of sp³-hybridized carbons (Fsp3) is 0.0526. The standard InChI is InChI=1S/C19H16FN/c20-17-12-10-15(11-13-17)14-21-19-9-5-4-8-18(19)16-6-2-1-3-7-16/h1-13,21H,14H2. The van der Waals surface area contributed by atoms with E-state index in [0.29, 0.717) is 6.54 Å². The minimum atomic E-state index is -0.205. The van der Waals surface area contributed by atoms with Gasteiger partial charge in [0.25, 0.3) is 0 Å². The van der Waals surface area contributed by atoms with Crippen LogP contribution in [0.2, 0.25) is 0 Å². The lowest BCUT2D eigenvalue weighted by Crippen LogP contribution is -2.00. The zero-order chi connectivity index (χ0) is 14.5. The summed E-state index contributed by atoms with van der Waals surface area (Å²) < 4.78 is 12.9. The monoisotopic (exact) mass is 277 g/mol. The van der Waals surface area contributed by atoms with Crippen LogP contribution in [-0.2, 0) is 6.54 Å². The molecule has 3 aromatic carbocycles. The molecule has 1 N–H and O–H groups in total. The fourth-order valence-corrected chi connectivity index (χ4v) is 2.31. The molecule has 0 fully saturated rings. The van der Waals surface area contributed by atoms with Gasteiger partial charge in [0.1, 0.15) is 5.82 Å². The molecule has 21 heavy (non-hydrogen) atoms. The quantitative estimate of drug-likeness (QED) is 0.699. The molecule has 3 rings (SSSR count). The molecule has 3 aromatic rings. The minimum absolute atomic E-state index is 0.205. The molecule has 0 saturated carbocycles. The second kappa shape index (κ2) is 6.23. The number of benzene rings is 3. The lowest BCUT2D eigenvalue weighted by Gasteiger charge is -2.12. The van der Waals surface area contributed by atoms with Gasteiger partial charge >= 0.3 is 0 Å². The third-order valence-electron chi connectivity index (χ3n) is 3.41. The summed E-state index contributed by atoms with van der Waals surface area (Å²) in [4.78, 5) is 0. The average Bonchev–Trinajstić information content (AvgIpc) is 2.55. The predicted molar refractivity (Wildman–Crippen MR) is 85.6 cm³/mol. The van der Waals surface area contributed by atoms with E-state index in [1.165, 1.54) is 23.3 Å². The van der Waals surface area contributed by atoms with Crippen LogP contribution in [0, 0.1) is 5.82 Å². The Morgan fingerprint density at radius 2 is 1.38 bits per heavy atom. The number of halogens is 1. The summed E-state index contributed by atoms with van der Waals surface area (Å²) in [5, 5.41) is 3.43. The molecule has 1 nitrogen and oxygen atoms in total. The SMILES string of the molecule is Fc1ccc(CNc2ccccc2-c2ccccc2)cc1. The van der Waals surface area contributed by atoms with Gasteiger partial charge in [0.05, 0.1) is 0 Å². The van der Waals surface area contributed by atoms with Crippen LogP contribution >= 0.6 is 0 Å². The average molecular weight is 277 g/mol. The smallest absolute Gasteiger partial charge is 0.123 e. The Balaban J connectivity index is 1.81. The lowest BCUT2D eigenvalue weighted by molar-refractivity contribution is 0.627. The van der Waals surface area contributed by atoms with Crippen LogP contribution in [0.5, 0.6) is 0 Å². The van der Waals surface area contributed by atoms with Gasteiger partial charge < -0.3 is 5.32 Å². The van der Waals surface area contributed by atoms with E-state index in [2.05, 4.69) is 29.6 Å². The highest BCUT2D eigenvalue weighted by molar-refractivity contribution is 5.77. The maximum absolute atomic E-state index is 12.9. The number of rotatable bonds is 4. The molecule has 0 atom stereocenters. The maximum Gasteiger partial charge on any atom is 0.123 e. The van der Waals surface area contributed by atoms with Crippen LogP contribution in [0.3, 0.4) is 0 Å². The largest absolute Gasteiger partial charge is 0.380 e. The van der Waals surface area contributed by atoms with Crippen molar-refractivity contribution in [3.63, 3.8) is 0 Å². The normalized spacial score (nSPS) is 10.3. The van der Waals surface area contributed by atoms with Crippen molar-refractivity contribution in [3.8, 4) is 11.1 Å². The van der Waals surface area contributed by atoms with Gasteiger partial charge in [-0.25, -0.2) is 4.39 Å². The fourth-order valence-electron chi connectivity index (χ4n) is 2.31. The molecule has 0 aliphatic rings. The molecule has 0 unspecified atom stereocenters. The van der Waals surface area contributed by atoms with Crippen molar-refractivity contribution in [1.29, 1.82) is 0 Å². The first-order valence-corrected chi connectivity index (χ1v) is 6.96. The number of hydrogen-bond donors (Lipinski definition) is 1. The van der Waals surface area contributed by atoms with Crippen LogP contribution in [0.25, 0.3) is 11.1 Å². The van der Waals surface area contributed by atoms with E-state index in [1.54, 1.807) is 12.1 Å². The third-order valence-corrected chi connectivity index (χ3v) is 3.41. The molecule has 0 spiro atoms. The molecule has 0 saturated heterocycles. The molecule has 0 aromatic heterocycles. The topological polar surface area (TPSA) is 12.0 Å². The zero-order valence-electron chi connectivity index (χ0n) is 11.6.